The van der Waals surface area contributed by atoms with Crippen LogP contribution in [0.2, 0.25) is 0 Å². The van der Waals surface area contributed by atoms with Crippen molar-refractivity contribution in [2.75, 3.05) is 53.4 Å². The molecule has 6 atom stereocenters. The Labute approximate surface area is 463 Å². The summed E-state index contributed by atoms with van der Waals surface area (Å²) in [6.45, 7) is 6.54. The van der Waals surface area contributed by atoms with Gasteiger partial charge in [-0.15, -0.1) is 0 Å². The van der Waals surface area contributed by atoms with Gasteiger partial charge in [-0.25, -0.2) is 0 Å². The van der Waals surface area contributed by atoms with Crippen LogP contribution in [-0.4, -0.2) is 145 Å². The average Bonchev–Trinajstić information content (AvgIpc) is 4.21. The summed E-state index contributed by atoms with van der Waals surface area (Å²) in [5.41, 5.74) is 5.17. The fourth-order valence-electron chi connectivity index (χ4n) is 12.4. The molecule has 14 nitrogen and oxygen atoms in total. The van der Waals surface area contributed by atoms with E-state index in [0.717, 1.165) is 112 Å². The second-order valence-corrected chi connectivity index (χ2v) is 22.6. The maximum Gasteiger partial charge on any atom is 0.253 e. The molecule has 4 aliphatic rings. The van der Waals surface area contributed by atoms with E-state index in [2.05, 4.69) is 45.5 Å². The molecule has 78 heavy (non-hydrogen) atoms. The molecule has 418 valence electrons. The van der Waals surface area contributed by atoms with E-state index in [-0.39, 0.29) is 59.4 Å². The number of likely N-dealkylation sites (tertiary alicyclic amines) is 2. The Bertz CT molecular complexity index is 2410. The zero-order valence-corrected chi connectivity index (χ0v) is 46.8. The summed E-state index contributed by atoms with van der Waals surface area (Å²) in [5, 5.41) is 12.3. The van der Waals surface area contributed by atoms with E-state index in [1.165, 1.54) is 0 Å². The van der Waals surface area contributed by atoms with Gasteiger partial charge in [0.05, 0.1) is 12.1 Å². The van der Waals surface area contributed by atoms with E-state index >= 15 is 0 Å². The maximum absolute atomic E-state index is 14.7. The summed E-state index contributed by atoms with van der Waals surface area (Å²) >= 11 is 0. The number of nitrogens with one attached hydrogen (secondary N) is 4. The third kappa shape index (κ3) is 15.0. The first kappa shape index (κ1) is 57.8. The van der Waals surface area contributed by atoms with Crippen LogP contribution in [0.1, 0.15) is 136 Å². The lowest BCUT2D eigenvalue weighted by Gasteiger charge is -2.37. The summed E-state index contributed by atoms with van der Waals surface area (Å²) < 4.78 is 0. The lowest BCUT2D eigenvalue weighted by atomic mass is 9.83. The molecule has 4 fully saturated rings. The smallest absolute Gasteiger partial charge is 0.253 e. The molecule has 4 aromatic rings. The highest BCUT2D eigenvalue weighted by atomic mass is 16.2. The van der Waals surface area contributed by atoms with Gasteiger partial charge in [0.15, 0.2) is 0 Å². The number of nitrogens with zero attached hydrogens (tertiary/aromatic N) is 4. The van der Waals surface area contributed by atoms with E-state index < -0.39 is 24.2 Å². The number of hydrogen-bond acceptors (Lipinski definition) is 8. The molecule has 8 rings (SSSR count). The fraction of sp³-hybridized carbons (Fsp3) is 0.531. The molecule has 0 radical (unpaired) electrons. The largest absolute Gasteiger partial charge is 0.343 e. The van der Waals surface area contributed by atoms with E-state index in [1.54, 1.807) is 14.1 Å². The molecular formula is C64H86N8O6. The number of rotatable bonds is 23. The molecule has 0 bridgehead atoms. The molecule has 2 aliphatic heterocycles. The van der Waals surface area contributed by atoms with Crippen LogP contribution >= 0.6 is 0 Å². The summed E-state index contributed by atoms with van der Waals surface area (Å²) in [4.78, 5) is 92.8. The standard InChI is InChI=1S/C64H86N8O6/c1-45(65-3)59(73)67-57(51-23-13-7-14-24-51)63(77)71-39-17-27-55(71)43-69(41-37-47-19-9-5-10-20-47)61(75)53-33-29-49(30-34-53)50-31-35-54(36-32-50)62(76)70(42-38-48-21-11-6-12-22-48)44-56-28-18-40-72(56)64(78)58(52-25-15-8-16-26-52)68-60(74)46(2)66-4/h5-6,9-12,19-22,29-36,45-46,51-52,55-58,65-66H,7-8,13-18,23-28,37-44H2,1-4H3,(H,67,73)(H,68,74)/t45-,46-,55-,56+,57-,58-/m0/s1. The van der Waals surface area contributed by atoms with Gasteiger partial charge >= 0.3 is 0 Å². The van der Waals surface area contributed by atoms with Gasteiger partial charge in [-0.05, 0) is 151 Å². The molecule has 2 saturated carbocycles. The summed E-state index contributed by atoms with van der Waals surface area (Å²) in [7, 11) is 3.50. The van der Waals surface area contributed by atoms with Crippen molar-refractivity contribution in [1.82, 2.24) is 40.9 Å². The number of carbonyl (C=O) groups excluding carboxylic acids is 6. The molecule has 0 aromatic heterocycles. The molecule has 2 saturated heterocycles. The van der Waals surface area contributed by atoms with Crippen LogP contribution in [0, 0.1) is 11.8 Å². The van der Waals surface area contributed by atoms with Crippen molar-refractivity contribution in [3.8, 4) is 11.1 Å². The predicted octanol–water partition coefficient (Wildman–Crippen LogP) is 8.05. The van der Waals surface area contributed by atoms with Crippen molar-refractivity contribution in [3.05, 3.63) is 131 Å². The van der Waals surface area contributed by atoms with Crippen LogP contribution < -0.4 is 21.3 Å². The zero-order chi connectivity index (χ0) is 55.0. The minimum atomic E-state index is -0.597. The molecule has 6 amide bonds. The van der Waals surface area contributed by atoms with E-state index in [4.69, 9.17) is 0 Å². The van der Waals surface area contributed by atoms with Crippen molar-refractivity contribution in [3.63, 3.8) is 0 Å². The van der Waals surface area contributed by atoms with Gasteiger partial charge in [-0.1, -0.05) is 123 Å². The highest BCUT2D eigenvalue weighted by Crippen LogP contribution is 2.32. The number of carbonyl (C=O) groups is 6. The monoisotopic (exact) mass is 1060 g/mol. The minimum Gasteiger partial charge on any atom is -0.343 e. The van der Waals surface area contributed by atoms with Crippen LogP contribution in [0.5, 0.6) is 0 Å². The SMILES string of the molecule is CN[C@@H](C)C(=O)N[C@H](C(=O)N1CCC[C@@H]1CN(CCc1ccccc1)C(=O)c1ccc(-c2ccc(C(=O)N(CCc3ccccc3)C[C@@H]3CCCN3C(=O)[C@@H](NC(=O)[C@H](C)NC)C3CCCCC3)cc2)cc1)C1CCCCC1. The lowest BCUT2D eigenvalue weighted by molar-refractivity contribution is -0.139. The highest BCUT2D eigenvalue weighted by Gasteiger charge is 2.41. The quantitative estimate of drug-likeness (QED) is 0.0580. The topological polar surface area (TPSA) is 163 Å². The Morgan fingerprint density at radius 3 is 1.18 bits per heavy atom. The first-order chi connectivity index (χ1) is 37.9. The Balaban J connectivity index is 0.969. The Hall–Kier alpha value is -6.38. The number of amides is 6. The van der Waals surface area contributed by atoms with Crippen LogP contribution in [0.15, 0.2) is 109 Å². The van der Waals surface area contributed by atoms with E-state index in [1.807, 2.05) is 118 Å². The van der Waals surface area contributed by atoms with Crippen molar-refractivity contribution in [2.24, 2.45) is 11.8 Å². The average molecular weight is 1060 g/mol. The molecule has 14 heteroatoms. The van der Waals surface area contributed by atoms with Gasteiger partial charge < -0.3 is 40.9 Å². The Kier molecular flexibility index (Phi) is 21.1. The van der Waals surface area contributed by atoms with E-state index in [0.29, 0.717) is 63.2 Å². The van der Waals surface area contributed by atoms with Gasteiger partial charge in [-0.3, -0.25) is 28.8 Å². The van der Waals surface area contributed by atoms with E-state index in [9.17, 15) is 28.8 Å². The number of likely N-dealkylation sites (N-methyl/N-ethyl adjacent to an activating group) is 2. The third-order valence-corrected chi connectivity index (χ3v) is 17.4. The van der Waals surface area contributed by atoms with Crippen LogP contribution in [-0.2, 0) is 32.0 Å². The van der Waals surface area contributed by atoms with Crippen molar-refractivity contribution >= 4 is 35.4 Å². The summed E-state index contributed by atoms with van der Waals surface area (Å²) in [5.74, 6) is -0.474. The van der Waals surface area contributed by atoms with Crippen LogP contribution in [0.25, 0.3) is 11.1 Å². The predicted molar refractivity (Wildman–Crippen MR) is 308 cm³/mol. The van der Waals surface area contributed by atoms with Gasteiger partial charge in [-0.2, -0.15) is 0 Å². The maximum atomic E-state index is 14.7. The third-order valence-electron chi connectivity index (χ3n) is 17.4. The fourth-order valence-corrected chi connectivity index (χ4v) is 12.4. The van der Waals surface area contributed by atoms with Crippen LogP contribution in [0.4, 0.5) is 0 Å². The molecule has 0 spiro atoms. The van der Waals surface area contributed by atoms with Crippen molar-refractivity contribution in [2.45, 2.75) is 153 Å². The number of hydrogen-bond donors (Lipinski definition) is 4. The molecular weight excluding hydrogens is 977 g/mol. The van der Waals surface area contributed by atoms with Crippen molar-refractivity contribution in [1.29, 1.82) is 0 Å². The molecule has 4 aromatic carbocycles. The molecule has 0 unspecified atom stereocenters. The van der Waals surface area contributed by atoms with Crippen LogP contribution in [0.3, 0.4) is 0 Å². The lowest BCUT2D eigenvalue weighted by Crippen LogP contribution is -2.57. The number of benzene rings is 4. The zero-order valence-electron chi connectivity index (χ0n) is 46.8. The first-order valence-electron chi connectivity index (χ1n) is 29.4. The molecule has 2 heterocycles. The van der Waals surface area contributed by atoms with Gasteiger partial charge in [0.2, 0.25) is 23.6 Å². The first-order valence-corrected chi connectivity index (χ1v) is 29.4. The molecule has 2 aliphatic carbocycles. The second-order valence-electron chi connectivity index (χ2n) is 22.6. The van der Waals surface area contributed by atoms with Crippen molar-refractivity contribution < 1.29 is 28.8 Å². The second kappa shape index (κ2) is 28.5. The Morgan fingerprint density at radius 2 is 0.833 bits per heavy atom. The van der Waals surface area contributed by atoms with Gasteiger partial charge in [0, 0.05) is 62.5 Å². The van der Waals surface area contributed by atoms with Gasteiger partial charge in [0.1, 0.15) is 12.1 Å². The Morgan fingerprint density at radius 1 is 0.474 bits per heavy atom. The minimum absolute atomic E-state index is 0.0397. The summed E-state index contributed by atoms with van der Waals surface area (Å²) in [6.07, 6.45) is 14.6. The normalized spacial score (nSPS) is 19.6. The highest BCUT2D eigenvalue weighted by molar-refractivity contribution is 5.96. The van der Waals surface area contributed by atoms with Gasteiger partial charge in [0.25, 0.3) is 11.8 Å². The summed E-state index contributed by atoms with van der Waals surface area (Å²) in [6, 6.07) is 33.2. The molecule has 4 N–H and O–H groups in total.